The Morgan fingerprint density at radius 2 is 2.03 bits per heavy atom. The first-order valence-electron chi connectivity index (χ1n) is 12.2. The Morgan fingerprint density at radius 3 is 2.82 bits per heavy atom. The number of rotatable bonds is 6. The standard InChI is InChI=1S/C27H32N4O3/c1-17-7-9-20(28-14-17)15-29-23-5-3-4-6-25(23)34-21-10-11-22-19(13-21)16-31(27(22)33)24-12-8-18(2)30-26(24)32/h7,9-11,13-14,23-25,29H,2-6,8,12,15-16H2,1H3,(H,30,32)/t23-,24?,25+/m1/s1. The van der Waals surface area contributed by atoms with E-state index in [0.717, 1.165) is 47.5 Å². The zero-order valence-corrected chi connectivity index (χ0v) is 19.7. The van der Waals surface area contributed by atoms with Crippen molar-refractivity contribution in [3.63, 3.8) is 0 Å². The summed E-state index contributed by atoms with van der Waals surface area (Å²) in [4.78, 5) is 31.6. The Kier molecular flexibility index (Phi) is 6.37. The summed E-state index contributed by atoms with van der Waals surface area (Å²) in [7, 11) is 0. The molecule has 3 aliphatic rings. The van der Waals surface area contributed by atoms with Gasteiger partial charge in [-0.15, -0.1) is 0 Å². The van der Waals surface area contributed by atoms with Crippen molar-refractivity contribution in [2.45, 2.75) is 76.7 Å². The third-order valence-electron chi connectivity index (χ3n) is 7.12. The number of hydrogen-bond donors (Lipinski definition) is 2. The van der Waals surface area contributed by atoms with Crippen LogP contribution in [-0.4, -0.2) is 39.9 Å². The number of allylic oxidation sites excluding steroid dienone is 1. The second-order valence-corrected chi connectivity index (χ2v) is 9.65. The number of carbonyl (C=O) groups excluding carboxylic acids is 2. The number of piperidine rings is 1. The lowest BCUT2D eigenvalue weighted by Crippen LogP contribution is -2.49. The van der Waals surface area contributed by atoms with E-state index in [0.29, 0.717) is 31.5 Å². The summed E-state index contributed by atoms with van der Waals surface area (Å²) in [5.41, 5.74) is 4.49. The molecule has 1 aliphatic carbocycles. The highest BCUT2D eigenvalue weighted by molar-refractivity contribution is 6.01. The van der Waals surface area contributed by atoms with Crippen LogP contribution in [0.4, 0.5) is 0 Å². The summed E-state index contributed by atoms with van der Waals surface area (Å²) in [6.07, 6.45) is 7.66. The van der Waals surface area contributed by atoms with Gasteiger partial charge in [0.05, 0.1) is 5.69 Å². The zero-order chi connectivity index (χ0) is 23.7. The van der Waals surface area contributed by atoms with Gasteiger partial charge in [0.1, 0.15) is 17.9 Å². The predicted molar refractivity (Wildman–Crippen MR) is 129 cm³/mol. The van der Waals surface area contributed by atoms with E-state index in [2.05, 4.69) is 34.3 Å². The van der Waals surface area contributed by atoms with Gasteiger partial charge >= 0.3 is 0 Å². The van der Waals surface area contributed by atoms with E-state index in [-0.39, 0.29) is 24.0 Å². The number of aromatic nitrogens is 1. The highest BCUT2D eigenvalue weighted by Gasteiger charge is 2.38. The molecule has 178 valence electrons. The molecule has 5 rings (SSSR count). The third-order valence-corrected chi connectivity index (χ3v) is 7.12. The van der Waals surface area contributed by atoms with Gasteiger partial charge in [0.25, 0.3) is 5.91 Å². The molecule has 2 aliphatic heterocycles. The maximum atomic E-state index is 13.0. The number of amides is 2. The second-order valence-electron chi connectivity index (χ2n) is 9.65. The van der Waals surface area contributed by atoms with E-state index in [1.807, 2.05) is 31.3 Å². The van der Waals surface area contributed by atoms with Crippen molar-refractivity contribution in [2.24, 2.45) is 0 Å². The average Bonchev–Trinajstić information content (AvgIpc) is 3.15. The number of fused-ring (bicyclic) bond motifs is 1. The Balaban J connectivity index is 1.24. The van der Waals surface area contributed by atoms with Crippen LogP contribution in [0.5, 0.6) is 5.75 Å². The van der Waals surface area contributed by atoms with Crippen molar-refractivity contribution in [2.75, 3.05) is 0 Å². The number of nitrogens with zero attached hydrogens (tertiary/aromatic N) is 2. The van der Waals surface area contributed by atoms with Crippen LogP contribution in [0.2, 0.25) is 0 Å². The van der Waals surface area contributed by atoms with Crippen LogP contribution in [0.3, 0.4) is 0 Å². The quantitative estimate of drug-likeness (QED) is 0.688. The van der Waals surface area contributed by atoms with Crippen LogP contribution < -0.4 is 15.4 Å². The molecule has 3 atom stereocenters. The third kappa shape index (κ3) is 4.71. The fraction of sp³-hybridized carbons (Fsp3) is 0.444. The van der Waals surface area contributed by atoms with Crippen LogP contribution in [-0.2, 0) is 17.9 Å². The van der Waals surface area contributed by atoms with Gasteiger partial charge in [-0.3, -0.25) is 14.6 Å². The summed E-state index contributed by atoms with van der Waals surface area (Å²) < 4.78 is 6.45. The molecule has 7 nitrogen and oxygen atoms in total. The van der Waals surface area contributed by atoms with Gasteiger partial charge in [-0.05, 0) is 74.4 Å². The van der Waals surface area contributed by atoms with Crippen LogP contribution in [0.15, 0.2) is 48.8 Å². The van der Waals surface area contributed by atoms with E-state index < -0.39 is 6.04 Å². The Morgan fingerprint density at radius 1 is 1.18 bits per heavy atom. The molecule has 2 amide bonds. The Bertz CT molecular complexity index is 1100. The smallest absolute Gasteiger partial charge is 0.255 e. The molecule has 34 heavy (non-hydrogen) atoms. The van der Waals surface area contributed by atoms with Gasteiger partial charge in [0.2, 0.25) is 5.91 Å². The highest BCUT2D eigenvalue weighted by atomic mass is 16.5. The van der Waals surface area contributed by atoms with Gasteiger partial charge in [0.15, 0.2) is 0 Å². The lowest BCUT2D eigenvalue weighted by molar-refractivity contribution is -0.126. The maximum Gasteiger partial charge on any atom is 0.255 e. The van der Waals surface area contributed by atoms with E-state index >= 15 is 0 Å². The summed E-state index contributed by atoms with van der Waals surface area (Å²) in [6, 6.07) is 9.65. The van der Waals surface area contributed by atoms with Gasteiger partial charge in [0, 0.05) is 36.6 Å². The van der Waals surface area contributed by atoms with E-state index in [1.54, 1.807) is 4.90 Å². The molecular weight excluding hydrogens is 428 g/mol. The minimum atomic E-state index is -0.447. The summed E-state index contributed by atoms with van der Waals surface area (Å²) in [6.45, 7) is 7.02. The van der Waals surface area contributed by atoms with Crippen molar-refractivity contribution >= 4 is 11.8 Å². The van der Waals surface area contributed by atoms with Crippen LogP contribution >= 0.6 is 0 Å². The molecule has 1 aromatic carbocycles. The number of pyridine rings is 1. The summed E-state index contributed by atoms with van der Waals surface area (Å²) >= 11 is 0. The summed E-state index contributed by atoms with van der Waals surface area (Å²) in [5, 5.41) is 6.43. The average molecular weight is 461 g/mol. The van der Waals surface area contributed by atoms with Crippen molar-refractivity contribution in [1.82, 2.24) is 20.5 Å². The molecule has 7 heteroatoms. The topological polar surface area (TPSA) is 83.6 Å². The lowest BCUT2D eigenvalue weighted by atomic mass is 9.92. The molecule has 2 N–H and O–H groups in total. The number of carbonyl (C=O) groups is 2. The number of benzene rings is 1. The first-order chi connectivity index (χ1) is 16.5. The molecular formula is C27H32N4O3. The first kappa shape index (κ1) is 22.6. The van der Waals surface area contributed by atoms with Gasteiger partial charge in [-0.1, -0.05) is 19.1 Å². The number of hydrogen-bond acceptors (Lipinski definition) is 5. The van der Waals surface area contributed by atoms with Crippen LogP contribution in [0, 0.1) is 6.92 Å². The van der Waals surface area contributed by atoms with Crippen LogP contribution in [0.25, 0.3) is 0 Å². The number of nitrogens with one attached hydrogen (secondary N) is 2. The minimum Gasteiger partial charge on any atom is -0.489 e. The van der Waals surface area contributed by atoms with Gasteiger partial charge in [-0.2, -0.15) is 0 Å². The zero-order valence-electron chi connectivity index (χ0n) is 19.7. The Labute approximate surface area is 200 Å². The van der Waals surface area contributed by atoms with E-state index in [9.17, 15) is 9.59 Å². The van der Waals surface area contributed by atoms with Crippen molar-refractivity contribution in [3.05, 3.63) is 71.2 Å². The van der Waals surface area contributed by atoms with Gasteiger partial charge in [-0.25, -0.2) is 0 Å². The number of ether oxygens (including phenoxy) is 1. The fourth-order valence-corrected chi connectivity index (χ4v) is 5.19. The molecule has 1 saturated heterocycles. The highest BCUT2D eigenvalue weighted by Crippen LogP contribution is 2.32. The fourth-order valence-electron chi connectivity index (χ4n) is 5.19. The van der Waals surface area contributed by atoms with Crippen molar-refractivity contribution < 1.29 is 14.3 Å². The first-order valence-corrected chi connectivity index (χ1v) is 12.2. The molecule has 2 fully saturated rings. The molecule has 1 aromatic heterocycles. The van der Waals surface area contributed by atoms with Crippen LogP contribution in [0.1, 0.15) is 65.7 Å². The summed E-state index contributed by atoms with van der Waals surface area (Å²) in [5.74, 6) is 0.548. The molecule has 0 spiro atoms. The Hall–Kier alpha value is -3.19. The molecule has 0 radical (unpaired) electrons. The molecule has 1 unspecified atom stereocenters. The van der Waals surface area contributed by atoms with E-state index in [4.69, 9.17) is 4.74 Å². The largest absolute Gasteiger partial charge is 0.489 e. The van der Waals surface area contributed by atoms with Crippen molar-refractivity contribution in [3.8, 4) is 5.75 Å². The van der Waals surface area contributed by atoms with E-state index in [1.165, 1.54) is 6.42 Å². The molecule has 1 saturated carbocycles. The molecule has 3 heterocycles. The minimum absolute atomic E-state index is 0.0700. The lowest BCUT2D eigenvalue weighted by Gasteiger charge is -2.32. The monoisotopic (exact) mass is 460 g/mol. The maximum absolute atomic E-state index is 13.0. The predicted octanol–water partition coefficient (Wildman–Crippen LogP) is 3.62. The molecule has 2 aromatic rings. The molecule has 0 bridgehead atoms. The van der Waals surface area contributed by atoms with Gasteiger partial charge < -0.3 is 20.3 Å². The normalized spacial score (nSPS) is 24.7. The SMILES string of the molecule is C=C1CCC(N2Cc3cc(O[C@H]4CCCC[C@H]4NCc4ccc(C)cn4)ccc3C2=O)C(=O)N1. The number of aryl methyl sites for hydroxylation is 1. The second kappa shape index (κ2) is 9.58. The van der Waals surface area contributed by atoms with Crippen molar-refractivity contribution in [1.29, 1.82) is 0 Å².